The van der Waals surface area contributed by atoms with Crippen molar-refractivity contribution in [3.05, 3.63) is 75.6 Å². The topological polar surface area (TPSA) is 101 Å². The smallest absolute Gasteiger partial charge is 0.270 e. The zero-order chi connectivity index (χ0) is 17.5. The Morgan fingerprint density at radius 1 is 1.08 bits per heavy atom. The summed E-state index contributed by atoms with van der Waals surface area (Å²) >= 11 is 0. The van der Waals surface area contributed by atoms with E-state index in [2.05, 4.69) is 10.6 Å². The summed E-state index contributed by atoms with van der Waals surface area (Å²) in [7, 11) is 0. The van der Waals surface area contributed by atoms with Gasteiger partial charge in [0.2, 0.25) is 5.91 Å². The molecule has 0 fully saturated rings. The van der Waals surface area contributed by atoms with Gasteiger partial charge >= 0.3 is 0 Å². The van der Waals surface area contributed by atoms with Gasteiger partial charge in [0.1, 0.15) is 5.82 Å². The van der Waals surface area contributed by atoms with Gasteiger partial charge in [-0.2, -0.15) is 0 Å². The van der Waals surface area contributed by atoms with Gasteiger partial charge < -0.3 is 10.6 Å². The molecule has 7 nitrogen and oxygen atoms in total. The number of nitro benzene ring substituents is 1. The highest BCUT2D eigenvalue weighted by Gasteiger charge is 2.12. The fraction of sp³-hybridized carbons (Fsp3) is 0.125. The van der Waals surface area contributed by atoms with E-state index in [0.29, 0.717) is 5.56 Å². The van der Waals surface area contributed by atoms with Gasteiger partial charge in [-0.05, 0) is 12.1 Å². The Labute approximate surface area is 136 Å². The maximum Gasteiger partial charge on any atom is 0.270 e. The minimum absolute atomic E-state index is 0.00180. The maximum atomic E-state index is 13.4. The van der Waals surface area contributed by atoms with E-state index in [0.717, 1.165) is 6.07 Å². The predicted molar refractivity (Wildman–Crippen MR) is 83.7 cm³/mol. The highest BCUT2D eigenvalue weighted by molar-refractivity contribution is 5.96. The van der Waals surface area contributed by atoms with Gasteiger partial charge in [0.15, 0.2) is 0 Å². The molecular formula is C16H14FN3O4. The number of nitrogens with zero attached hydrogens (tertiary/aromatic N) is 1. The fourth-order valence-corrected chi connectivity index (χ4v) is 1.92. The molecule has 0 atom stereocenters. The molecule has 0 spiro atoms. The Balaban J connectivity index is 1.85. The van der Waals surface area contributed by atoms with Crippen LogP contribution in [0.25, 0.3) is 0 Å². The Hall–Kier alpha value is -3.29. The van der Waals surface area contributed by atoms with Gasteiger partial charge in [0.05, 0.1) is 11.5 Å². The monoisotopic (exact) mass is 331 g/mol. The van der Waals surface area contributed by atoms with Gasteiger partial charge in [-0.1, -0.05) is 24.3 Å². The van der Waals surface area contributed by atoms with Crippen molar-refractivity contribution in [1.82, 2.24) is 10.6 Å². The van der Waals surface area contributed by atoms with Crippen LogP contribution in [-0.4, -0.2) is 23.3 Å². The minimum Gasteiger partial charge on any atom is -0.350 e. The van der Waals surface area contributed by atoms with Crippen molar-refractivity contribution in [2.75, 3.05) is 6.54 Å². The lowest BCUT2D eigenvalue weighted by Crippen LogP contribution is -2.36. The first kappa shape index (κ1) is 17.1. The van der Waals surface area contributed by atoms with Crippen molar-refractivity contribution in [2.45, 2.75) is 6.54 Å². The number of benzene rings is 2. The minimum atomic E-state index is -0.613. The van der Waals surface area contributed by atoms with Crippen LogP contribution < -0.4 is 10.6 Å². The van der Waals surface area contributed by atoms with Crippen LogP contribution in [-0.2, 0) is 11.3 Å². The van der Waals surface area contributed by atoms with Crippen LogP contribution in [0.15, 0.2) is 48.5 Å². The number of hydrogen-bond acceptors (Lipinski definition) is 4. The third-order valence-corrected chi connectivity index (χ3v) is 3.16. The number of nitrogens with one attached hydrogen (secondary N) is 2. The van der Waals surface area contributed by atoms with Crippen LogP contribution in [0.1, 0.15) is 15.9 Å². The van der Waals surface area contributed by atoms with Crippen LogP contribution in [0.4, 0.5) is 10.1 Å². The number of hydrogen-bond donors (Lipinski definition) is 2. The molecule has 0 saturated carbocycles. The molecule has 0 heterocycles. The summed E-state index contributed by atoms with van der Waals surface area (Å²) in [5, 5.41) is 15.5. The highest BCUT2D eigenvalue weighted by atomic mass is 19.1. The molecule has 2 rings (SSSR count). The quantitative estimate of drug-likeness (QED) is 0.622. The normalized spacial score (nSPS) is 10.0. The molecule has 0 aliphatic rings. The molecule has 2 aromatic carbocycles. The summed E-state index contributed by atoms with van der Waals surface area (Å²) in [5.41, 5.74) is 0.189. The molecular weight excluding hydrogens is 317 g/mol. The third kappa shape index (κ3) is 4.60. The largest absolute Gasteiger partial charge is 0.350 e. The molecule has 24 heavy (non-hydrogen) atoms. The van der Waals surface area contributed by atoms with Crippen LogP contribution >= 0.6 is 0 Å². The molecule has 0 saturated heterocycles. The first-order valence-electron chi connectivity index (χ1n) is 7.00. The molecule has 0 bridgehead atoms. The van der Waals surface area contributed by atoms with Crippen LogP contribution in [0.3, 0.4) is 0 Å². The molecule has 0 aliphatic carbocycles. The second-order valence-electron chi connectivity index (χ2n) is 4.86. The fourth-order valence-electron chi connectivity index (χ4n) is 1.92. The first-order valence-corrected chi connectivity index (χ1v) is 7.00. The number of carbonyl (C=O) groups is 2. The Bertz CT molecular complexity index is 779. The summed E-state index contributed by atoms with van der Waals surface area (Å²) in [4.78, 5) is 33.6. The summed E-state index contributed by atoms with van der Waals surface area (Å²) in [6.45, 7) is -0.325. The number of amides is 2. The van der Waals surface area contributed by atoms with Gasteiger partial charge in [-0.25, -0.2) is 4.39 Å². The summed E-state index contributed by atoms with van der Waals surface area (Å²) in [6.07, 6.45) is 0. The van der Waals surface area contributed by atoms with Crippen molar-refractivity contribution >= 4 is 17.5 Å². The van der Waals surface area contributed by atoms with Gasteiger partial charge in [-0.15, -0.1) is 0 Å². The predicted octanol–water partition coefficient (Wildman–Crippen LogP) is 1.78. The Morgan fingerprint density at radius 2 is 1.83 bits per heavy atom. The van der Waals surface area contributed by atoms with Crippen molar-refractivity contribution in [3.63, 3.8) is 0 Å². The number of carbonyl (C=O) groups excluding carboxylic acids is 2. The van der Waals surface area contributed by atoms with Crippen LogP contribution in [0, 0.1) is 15.9 Å². The molecule has 2 aromatic rings. The van der Waals surface area contributed by atoms with E-state index in [1.807, 2.05) is 0 Å². The molecule has 2 N–H and O–H groups in total. The molecule has 124 valence electrons. The van der Waals surface area contributed by atoms with Crippen LogP contribution in [0.2, 0.25) is 0 Å². The Kier molecular flexibility index (Phi) is 5.56. The highest BCUT2D eigenvalue weighted by Crippen LogP contribution is 2.12. The van der Waals surface area contributed by atoms with Crippen molar-refractivity contribution in [1.29, 1.82) is 0 Å². The van der Waals surface area contributed by atoms with E-state index in [1.54, 1.807) is 12.1 Å². The van der Waals surface area contributed by atoms with Gasteiger partial charge in [0, 0.05) is 29.8 Å². The summed E-state index contributed by atoms with van der Waals surface area (Å²) < 4.78 is 13.4. The summed E-state index contributed by atoms with van der Waals surface area (Å²) in [5.74, 6) is -1.55. The average molecular weight is 331 g/mol. The van der Waals surface area contributed by atoms with E-state index >= 15 is 0 Å². The molecule has 8 heteroatoms. The second kappa shape index (κ2) is 7.82. The van der Waals surface area contributed by atoms with E-state index in [-0.39, 0.29) is 24.3 Å². The standard InChI is InChI=1S/C16H14FN3O4/c17-14-7-2-1-4-12(14)9-18-15(21)10-19-16(22)11-5-3-6-13(8-11)20(23)24/h1-8H,9-10H2,(H,18,21)(H,19,22). The lowest BCUT2D eigenvalue weighted by Gasteiger charge is -2.07. The molecule has 0 radical (unpaired) electrons. The molecule has 0 unspecified atom stereocenters. The van der Waals surface area contributed by atoms with E-state index < -0.39 is 22.6 Å². The third-order valence-electron chi connectivity index (χ3n) is 3.16. The lowest BCUT2D eigenvalue weighted by molar-refractivity contribution is -0.384. The maximum absolute atomic E-state index is 13.4. The van der Waals surface area contributed by atoms with E-state index in [4.69, 9.17) is 0 Å². The van der Waals surface area contributed by atoms with Crippen molar-refractivity contribution < 1.29 is 18.9 Å². The molecule has 0 aromatic heterocycles. The zero-order valence-electron chi connectivity index (χ0n) is 12.5. The number of halogens is 1. The van der Waals surface area contributed by atoms with Gasteiger partial charge in [0.25, 0.3) is 11.6 Å². The number of rotatable bonds is 6. The Morgan fingerprint density at radius 3 is 2.54 bits per heavy atom. The SMILES string of the molecule is O=C(CNC(=O)c1cccc([N+](=O)[O-])c1)NCc1ccccc1F. The summed E-state index contributed by atoms with van der Waals surface area (Å²) in [6, 6.07) is 11.2. The van der Waals surface area contributed by atoms with E-state index in [9.17, 15) is 24.1 Å². The number of non-ortho nitro benzene ring substituents is 1. The van der Waals surface area contributed by atoms with Crippen LogP contribution in [0.5, 0.6) is 0 Å². The van der Waals surface area contributed by atoms with Gasteiger partial charge in [-0.3, -0.25) is 19.7 Å². The van der Waals surface area contributed by atoms with Crippen molar-refractivity contribution in [3.8, 4) is 0 Å². The van der Waals surface area contributed by atoms with Crippen molar-refractivity contribution in [2.24, 2.45) is 0 Å². The number of nitro groups is 1. The zero-order valence-corrected chi connectivity index (χ0v) is 12.5. The molecule has 2 amide bonds. The first-order chi connectivity index (χ1) is 11.5. The average Bonchev–Trinajstić information content (AvgIpc) is 2.59. The van der Waals surface area contributed by atoms with E-state index in [1.165, 1.54) is 30.3 Å². The second-order valence-corrected chi connectivity index (χ2v) is 4.86. The molecule has 0 aliphatic heterocycles. The lowest BCUT2D eigenvalue weighted by atomic mass is 10.2.